The van der Waals surface area contributed by atoms with Crippen LogP contribution in [0.2, 0.25) is 0 Å². The third-order valence-corrected chi connectivity index (χ3v) is 2.44. The summed E-state index contributed by atoms with van der Waals surface area (Å²) in [5, 5.41) is 0. The first-order chi connectivity index (χ1) is 9.01. The molecule has 100 valence electrons. The van der Waals surface area contributed by atoms with Gasteiger partial charge in [-0.05, 0) is 17.7 Å². The SMILES string of the molecule is COC(=O)c1cn(Cc2cc(F)c(F)c(F)c2)cn1. The number of halogens is 3. The van der Waals surface area contributed by atoms with Gasteiger partial charge in [-0.15, -0.1) is 0 Å². The largest absolute Gasteiger partial charge is 0.464 e. The van der Waals surface area contributed by atoms with E-state index in [4.69, 9.17) is 0 Å². The molecule has 0 saturated carbocycles. The van der Waals surface area contributed by atoms with Crippen LogP contribution in [0.3, 0.4) is 0 Å². The number of rotatable bonds is 3. The van der Waals surface area contributed by atoms with Crippen LogP contribution in [0, 0.1) is 17.5 Å². The maximum absolute atomic E-state index is 13.0. The zero-order valence-electron chi connectivity index (χ0n) is 9.86. The van der Waals surface area contributed by atoms with Gasteiger partial charge in [0.25, 0.3) is 0 Å². The third-order valence-electron chi connectivity index (χ3n) is 2.44. The van der Waals surface area contributed by atoms with Crippen molar-refractivity contribution < 1.29 is 22.7 Å². The van der Waals surface area contributed by atoms with Gasteiger partial charge in [-0.3, -0.25) is 0 Å². The Morgan fingerprint density at radius 1 is 1.32 bits per heavy atom. The minimum absolute atomic E-state index is 0.0537. The fourth-order valence-electron chi connectivity index (χ4n) is 1.57. The van der Waals surface area contributed by atoms with Crippen molar-refractivity contribution in [2.24, 2.45) is 0 Å². The van der Waals surface area contributed by atoms with E-state index >= 15 is 0 Å². The average molecular weight is 270 g/mol. The number of ether oxygens (including phenoxy) is 1. The average Bonchev–Trinajstić information content (AvgIpc) is 2.83. The Balaban J connectivity index is 2.22. The summed E-state index contributed by atoms with van der Waals surface area (Å²) in [7, 11) is 1.21. The van der Waals surface area contributed by atoms with Crippen molar-refractivity contribution in [3.8, 4) is 0 Å². The normalized spacial score (nSPS) is 10.5. The highest BCUT2D eigenvalue weighted by Crippen LogP contribution is 2.14. The van der Waals surface area contributed by atoms with E-state index in [0.29, 0.717) is 0 Å². The van der Waals surface area contributed by atoms with Crippen molar-refractivity contribution >= 4 is 5.97 Å². The first-order valence-corrected chi connectivity index (χ1v) is 5.24. The van der Waals surface area contributed by atoms with E-state index in [2.05, 4.69) is 9.72 Å². The van der Waals surface area contributed by atoms with Gasteiger partial charge in [-0.2, -0.15) is 0 Å². The molecule has 0 aliphatic carbocycles. The van der Waals surface area contributed by atoms with Crippen LogP contribution >= 0.6 is 0 Å². The first-order valence-electron chi connectivity index (χ1n) is 5.24. The Hall–Kier alpha value is -2.31. The monoisotopic (exact) mass is 270 g/mol. The van der Waals surface area contributed by atoms with Crippen LogP contribution in [0.1, 0.15) is 16.1 Å². The highest BCUT2D eigenvalue weighted by Gasteiger charge is 2.12. The van der Waals surface area contributed by atoms with E-state index in [-0.39, 0.29) is 17.8 Å². The van der Waals surface area contributed by atoms with E-state index in [1.54, 1.807) is 0 Å². The van der Waals surface area contributed by atoms with Gasteiger partial charge in [0, 0.05) is 12.7 Å². The predicted molar refractivity (Wildman–Crippen MR) is 59.0 cm³/mol. The lowest BCUT2D eigenvalue weighted by molar-refractivity contribution is 0.0594. The molecular weight excluding hydrogens is 261 g/mol. The molecule has 0 amide bonds. The molecule has 1 aromatic heterocycles. The highest BCUT2D eigenvalue weighted by molar-refractivity contribution is 5.86. The summed E-state index contributed by atoms with van der Waals surface area (Å²) in [6.07, 6.45) is 2.68. The number of esters is 1. The molecule has 0 aliphatic rings. The molecule has 19 heavy (non-hydrogen) atoms. The van der Waals surface area contributed by atoms with Gasteiger partial charge in [-0.25, -0.2) is 22.9 Å². The second-order valence-corrected chi connectivity index (χ2v) is 3.80. The number of aromatic nitrogens is 2. The fraction of sp³-hybridized carbons (Fsp3) is 0.167. The van der Waals surface area contributed by atoms with Gasteiger partial charge in [0.15, 0.2) is 23.1 Å². The molecule has 2 rings (SSSR count). The molecule has 0 fully saturated rings. The second kappa shape index (κ2) is 5.13. The summed E-state index contributed by atoms with van der Waals surface area (Å²) >= 11 is 0. The van der Waals surface area contributed by atoms with Crippen molar-refractivity contribution in [3.05, 3.63) is 53.4 Å². The van der Waals surface area contributed by atoms with Gasteiger partial charge >= 0.3 is 5.97 Å². The Kier molecular flexibility index (Phi) is 3.55. The van der Waals surface area contributed by atoms with Gasteiger partial charge in [0.2, 0.25) is 0 Å². The molecule has 2 aromatic rings. The summed E-state index contributed by atoms with van der Waals surface area (Å²) in [4.78, 5) is 14.9. The van der Waals surface area contributed by atoms with Gasteiger partial charge < -0.3 is 9.30 Å². The van der Waals surface area contributed by atoms with Gasteiger partial charge in [-0.1, -0.05) is 0 Å². The van der Waals surface area contributed by atoms with Gasteiger partial charge in [0.1, 0.15) is 0 Å². The summed E-state index contributed by atoms with van der Waals surface area (Å²) in [5.41, 5.74) is 0.288. The molecule has 0 bridgehead atoms. The standard InChI is InChI=1S/C12H9F3N2O2/c1-19-12(18)10-5-17(6-16-10)4-7-2-8(13)11(15)9(14)3-7/h2-3,5-6H,4H2,1H3. The lowest BCUT2D eigenvalue weighted by Gasteiger charge is -2.04. The lowest BCUT2D eigenvalue weighted by atomic mass is 10.2. The highest BCUT2D eigenvalue weighted by atomic mass is 19.2. The molecule has 1 aromatic carbocycles. The van der Waals surface area contributed by atoms with Gasteiger partial charge in [0.05, 0.1) is 13.4 Å². The molecule has 0 radical (unpaired) electrons. The van der Waals surface area contributed by atoms with Crippen LogP contribution in [0.4, 0.5) is 13.2 Å². The topological polar surface area (TPSA) is 44.1 Å². The zero-order valence-corrected chi connectivity index (χ0v) is 9.86. The van der Waals surface area contributed by atoms with Crippen molar-refractivity contribution in [2.75, 3.05) is 7.11 Å². The molecular formula is C12H9F3N2O2. The minimum atomic E-state index is -1.51. The third kappa shape index (κ3) is 2.75. The van der Waals surface area contributed by atoms with Crippen LogP contribution in [-0.2, 0) is 11.3 Å². The molecule has 0 saturated heterocycles. The number of imidazole rings is 1. The number of carbonyl (C=O) groups is 1. The lowest BCUT2D eigenvalue weighted by Crippen LogP contribution is -2.02. The number of nitrogens with zero attached hydrogens (tertiary/aromatic N) is 2. The van der Waals surface area contributed by atoms with Crippen molar-refractivity contribution in [2.45, 2.75) is 6.54 Å². The van der Waals surface area contributed by atoms with Crippen LogP contribution < -0.4 is 0 Å². The number of hydrogen-bond donors (Lipinski definition) is 0. The number of hydrogen-bond acceptors (Lipinski definition) is 3. The number of methoxy groups -OCH3 is 1. The summed E-state index contributed by atoms with van der Waals surface area (Å²) in [5.74, 6) is -4.65. The molecule has 0 spiro atoms. The van der Waals surface area contributed by atoms with Crippen molar-refractivity contribution in [1.82, 2.24) is 9.55 Å². The first kappa shape index (κ1) is 13.1. The second-order valence-electron chi connectivity index (χ2n) is 3.80. The molecule has 7 heteroatoms. The van der Waals surface area contributed by atoms with E-state index in [1.807, 2.05) is 0 Å². The molecule has 4 nitrogen and oxygen atoms in total. The van der Waals surface area contributed by atoms with E-state index in [0.717, 1.165) is 12.1 Å². The maximum Gasteiger partial charge on any atom is 0.358 e. The van der Waals surface area contributed by atoms with Crippen LogP contribution in [0.15, 0.2) is 24.7 Å². The van der Waals surface area contributed by atoms with Crippen LogP contribution in [0.5, 0.6) is 0 Å². The van der Waals surface area contributed by atoms with Crippen LogP contribution in [0.25, 0.3) is 0 Å². The Morgan fingerprint density at radius 2 is 1.95 bits per heavy atom. The fourth-order valence-corrected chi connectivity index (χ4v) is 1.57. The van der Waals surface area contributed by atoms with E-state index < -0.39 is 23.4 Å². The maximum atomic E-state index is 13.0. The number of benzene rings is 1. The Bertz CT molecular complexity index is 602. The molecule has 0 aliphatic heterocycles. The molecule has 0 unspecified atom stereocenters. The Labute approximate surface area is 106 Å². The zero-order chi connectivity index (χ0) is 14.0. The summed E-state index contributed by atoms with van der Waals surface area (Å²) < 4.78 is 44.7. The van der Waals surface area contributed by atoms with Crippen molar-refractivity contribution in [3.63, 3.8) is 0 Å². The number of carbonyl (C=O) groups excluding carboxylic acids is 1. The van der Waals surface area contributed by atoms with Crippen LogP contribution in [-0.4, -0.2) is 22.6 Å². The summed E-state index contributed by atoms with van der Waals surface area (Å²) in [6.45, 7) is 0.0537. The Morgan fingerprint density at radius 3 is 2.53 bits per heavy atom. The molecule has 0 atom stereocenters. The molecule has 0 N–H and O–H groups in total. The van der Waals surface area contributed by atoms with E-state index in [1.165, 1.54) is 24.2 Å². The molecule has 1 heterocycles. The summed E-state index contributed by atoms with van der Waals surface area (Å²) in [6, 6.07) is 1.77. The quantitative estimate of drug-likeness (QED) is 0.634. The van der Waals surface area contributed by atoms with E-state index in [9.17, 15) is 18.0 Å². The van der Waals surface area contributed by atoms with Crippen molar-refractivity contribution in [1.29, 1.82) is 0 Å². The predicted octanol–water partition coefficient (Wildman–Crippen LogP) is 2.14. The smallest absolute Gasteiger partial charge is 0.358 e. The minimum Gasteiger partial charge on any atom is -0.464 e.